The highest BCUT2D eigenvalue weighted by Gasteiger charge is 2.15. The van der Waals surface area contributed by atoms with Gasteiger partial charge in [-0.15, -0.1) is 0 Å². The predicted octanol–water partition coefficient (Wildman–Crippen LogP) is 2.05. The van der Waals surface area contributed by atoms with E-state index in [0.29, 0.717) is 11.4 Å². The van der Waals surface area contributed by atoms with Gasteiger partial charge in [-0.1, -0.05) is 30.3 Å². The summed E-state index contributed by atoms with van der Waals surface area (Å²) in [5, 5.41) is 10.2. The van der Waals surface area contributed by atoms with E-state index in [4.69, 9.17) is 5.73 Å². The number of hydrogen-bond donors (Lipinski definition) is 2. The van der Waals surface area contributed by atoms with Crippen LogP contribution in [0.1, 0.15) is 22.8 Å². The molecule has 0 amide bonds. The van der Waals surface area contributed by atoms with Gasteiger partial charge in [0.2, 0.25) is 0 Å². The third-order valence-corrected chi connectivity index (χ3v) is 2.63. The molecule has 0 fully saturated rings. The molecule has 1 aromatic heterocycles. The number of aryl methyl sites for hydroxylation is 1. The Labute approximate surface area is 94.6 Å². The first-order valence-corrected chi connectivity index (χ1v) is 5.14. The fourth-order valence-electron chi connectivity index (χ4n) is 1.75. The number of rotatable bonds is 2. The van der Waals surface area contributed by atoms with Crippen molar-refractivity contribution >= 4 is 5.82 Å². The van der Waals surface area contributed by atoms with Crippen molar-refractivity contribution in [2.24, 2.45) is 0 Å². The molecule has 0 spiro atoms. The average molecular weight is 214 g/mol. The van der Waals surface area contributed by atoms with Crippen LogP contribution in [0.5, 0.6) is 0 Å². The van der Waals surface area contributed by atoms with Gasteiger partial charge in [-0.2, -0.15) is 0 Å². The Balaban J connectivity index is 2.46. The molecule has 0 saturated heterocycles. The fourth-order valence-corrected chi connectivity index (χ4v) is 1.75. The first kappa shape index (κ1) is 10.6. The maximum absolute atomic E-state index is 10.2. The largest absolute Gasteiger partial charge is 0.384 e. The minimum Gasteiger partial charge on any atom is -0.384 e. The molecule has 82 valence electrons. The second kappa shape index (κ2) is 4.33. The molecule has 1 atom stereocenters. The Kier molecular flexibility index (Phi) is 2.88. The standard InChI is InChI=1S/C13H14N2O/c1-9-7-8-15-13(14)11(9)12(16)10-5-3-2-4-6-10/h2-8,12,16H,1H3,(H2,14,15). The lowest BCUT2D eigenvalue weighted by Gasteiger charge is -2.15. The number of aromatic nitrogens is 1. The zero-order valence-corrected chi connectivity index (χ0v) is 9.09. The van der Waals surface area contributed by atoms with Crippen molar-refractivity contribution in [3.05, 3.63) is 59.3 Å². The lowest BCUT2D eigenvalue weighted by Crippen LogP contribution is -2.07. The van der Waals surface area contributed by atoms with Crippen molar-refractivity contribution in [3.63, 3.8) is 0 Å². The molecule has 0 aliphatic heterocycles. The first-order chi connectivity index (χ1) is 7.70. The molecule has 2 rings (SSSR count). The van der Waals surface area contributed by atoms with E-state index in [1.54, 1.807) is 6.20 Å². The quantitative estimate of drug-likeness (QED) is 0.804. The molecule has 2 aromatic rings. The highest BCUT2D eigenvalue weighted by Crippen LogP contribution is 2.27. The van der Waals surface area contributed by atoms with Crippen LogP contribution >= 0.6 is 0 Å². The van der Waals surface area contributed by atoms with Crippen LogP contribution in [0, 0.1) is 6.92 Å². The van der Waals surface area contributed by atoms with Crippen LogP contribution in [0.4, 0.5) is 5.82 Å². The third kappa shape index (κ3) is 1.90. The normalized spacial score (nSPS) is 12.4. The summed E-state index contributed by atoms with van der Waals surface area (Å²) in [6, 6.07) is 11.3. The van der Waals surface area contributed by atoms with Crippen LogP contribution in [-0.4, -0.2) is 10.1 Å². The van der Waals surface area contributed by atoms with Crippen molar-refractivity contribution in [2.75, 3.05) is 5.73 Å². The van der Waals surface area contributed by atoms with Crippen LogP contribution in [-0.2, 0) is 0 Å². The summed E-state index contributed by atoms with van der Waals surface area (Å²) >= 11 is 0. The third-order valence-electron chi connectivity index (χ3n) is 2.63. The maximum Gasteiger partial charge on any atom is 0.129 e. The topological polar surface area (TPSA) is 59.1 Å². The van der Waals surface area contributed by atoms with Gasteiger partial charge in [0.25, 0.3) is 0 Å². The van der Waals surface area contributed by atoms with E-state index in [1.807, 2.05) is 43.3 Å². The molecule has 1 heterocycles. The van der Waals surface area contributed by atoms with E-state index in [2.05, 4.69) is 4.98 Å². The Bertz CT molecular complexity index is 462. The van der Waals surface area contributed by atoms with Gasteiger partial charge < -0.3 is 10.8 Å². The van der Waals surface area contributed by atoms with Crippen molar-refractivity contribution in [1.29, 1.82) is 0 Å². The Morgan fingerprint density at radius 3 is 2.50 bits per heavy atom. The lowest BCUT2D eigenvalue weighted by molar-refractivity contribution is 0.220. The molecular weight excluding hydrogens is 200 g/mol. The monoisotopic (exact) mass is 214 g/mol. The van der Waals surface area contributed by atoms with Crippen molar-refractivity contribution in [1.82, 2.24) is 4.98 Å². The van der Waals surface area contributed by atoms with Crippen LogP contribution in [0.3, 0.4) is 0 Å². The Morgan fingerprint density at radius 1 is 1.19 bits per heavy atom. The summed E-state index contributed by atoms with van der Waals surface area (Å²) in [5.41, 5.74) is 8.25. The number of nitrogen functional groups attached to an aromatic ring is 1. The predicted molar refractivity (Wildman–Crippen MR) is 63.9 cm³/mol. The van der Waals surface area contributed by atoms with E-state index < -0.39 is 6.10 Å². The molecule has 3 N–H and O–H groups in total. The minimum atomic E-state index is -0.713. The second-order valence-electron chi connectivity index (χ2n) is 3.74. The van der Waals surface area contributed by atoms with Gasteiger partial charge in [-0.3, -0.25) is 0 Å². The van der Waals surface area contributed by atoms with Crippen molar-refractivity contribution in [3.8, 4) is 0 Å². The summed E-state index contributed by atoms with van der Waals surface area (Å²) in [5.74, 6) is 0.386. The second-order valence-corrected chi connectivity index (χ2v) is 3.74. The molecule has 1 aromatic carbocycles. The molecule has 3 nitrogen and oxygen atoms in total. The highest BCUT2D eigenvalue weighted by atomic mass is 16.3. The highest BCUT2D eigenvalue weighted by molar-refractivity contribution is 5.48. The Morgan fingerprint density at radius 2 is 1.88 bits per heavy atom. The molecule has 1 unspecified atom stereocenters. The summed E-state index contributed by atoms with van der Waals surface area (Å²) in [7, 11) is 0. The van der Waals surface area contributed by atoms with Gasteiger partial charge in [0.05, 0.1) is 0 Å². The van der Waals surface area contributed by atoms with Crippen LogP contribution in [0.25, 0.3) is 0 Å². The number of benzene rings is 1. The molecule has 16 heavy (non-hydrogen) atoms. The molecule has 0 saturated carbocycles. The van der Waals surface area contributed by atoms with Gasteiger partial charge >= 0.3 is 0 Å². The summed E-state index contributed by atoms with van der Waals surface area (Å²) in [6.07, 6.45) is 0.932. The maximum atomic E-state index is 10.2. The van der Waals surface area contributed by atoms with E-state index in [0.717, 1.165) is 11.1 Å². The molecular formula is C13H14N2O. The molecule has 0 bridgehead atoms. The number of nitrogens with two attached hydrogens (primary N) is 1. The average Bonchev–Trinajstić information content (AvgIpc) is 2.30. The number of nitrogens with zero attached hydrogens (tertiary/aromatic N) is 1. The van der Waals surface area contributed by atoms with Crippen LogP contribution in [0.2, 0.25) is 0 Å². The zero-order valence-electron chi connectivity index (χ0n) is 9.09. The number of aliphatic hydroxyl groups is 1. The number of anilines is 1. The smallest absolute Gasteiger partial charge is 0.129 e. The number of hydrogen-bond acceptors (Lipinski definition) is 3. The summed E-state index contributed by atoms with van der Waals surface area (Å²) < 4.78 is 0. The number of aliphatic hydroxyl groups excluding tert-OH is 1. The van der Waals surface area contributed by atoms with E-state index in [1.165, 1.54) is 0 Å². The van der Waals surface area contributed by atoms with E-state index in [9.17, 15) is 5.11 Å². The van der Waals surface area contributed by atoms with Gasteiger partial charge in [-0.25, -0.2) is 4.98 Å². The molecule has 0 aliphatic rings. The first-order valence-electron chi connectivity index (χ1n) is 5.14. The minimum absolute atomic E-state index is 0.386. The number of pyridine rings is 1. The van der Waals surface area contributed by atoms with Gasteiger partial charge in [0, 0.05) is 11.8 Å². The zero-order chi connectivity index (χ0) is 11.5. The van der Waals surface area contributed by atoms with E-state index in [-0.39, 0.29) is 0 Å². The Hall–Kier alpha value is -1.87. The van der Waals surface area contributed by atoms with Crippen molar-refractivity contribution < 1.29 is 5.11 Å². The summed E-state index contributed by atoms with van der Waals surface area (Å²) in [4.78, 5) is 4.00. The molecule has 0 radical (unpaired) electrons. The summed E-state index contributed by atoms with van der Waals surface area (Å²) in [6.45, 7) is 1.92. The van der Waals surface area contributed by atoms with Gasteiger partial charge in [-0.05, 0) is 24.1 Å². The lowest BCUT2D eigenvalue weighted by atomic mass is 9.98. The van der Waals surface area contributed by atoms with Gasteiger partial charge in [0.15, 0.2) is 0 Å². The van der Waals surface area contributed by atoms with Crippen LogP contribution in [0.15, 0.2) is 42.6 Å². The fraction of sp³-hybridized carbons (Fsp3) is 0.154. The van der Waals surface area contributed by atoms with Crippen LogP contribution < -0.4 is 5.73 Å². The SMILES string of the molecule is Cc1ccnc(N)c1C(O)c1ccccc1. The molecule has 3 heteroatoms. The van der Waals surface area contributed by atoms with Gasteiger partial charge in [0.1, 0.15) is 11.9 Å². The van der Waals surface area contributed by atoms with Crippen molar-refractivity contribution in [2.45, 2.75) is 13.0 Å². The van der Waals surface area contributed by atoms with E-state index >= 15 is 0 Å². The molecule has 0 aliphatic carbocycles.